The van der Waals surface area contributed by atoms with Gasteiger partial charge in [-0.1, -0.05) is 35.9 Å². The first kappa shape index (κ1) is 12.9. The quantitative estimate of drug-likeness (QED) is 0.731. The second kappa shape index (κ2) is 4.61. The smallest absolute Gasteiger partial charge is 0.256 e. The van der Waals surface area contributed by atoms with Crippen LogP contribution in [0.4, 0.5) is 13.2 Å². The summed E-state index contributed by atoms with van der Waals surface area (Å²) in [4.78, 5) is 3.83. The fourth-order valence-corrected chi connectivity index (χ4v) is 2.00. The van der Waals surface area contributed by atoms with E-state index >= 15 is 0 Å². The Kier molecular flexibility index (Phi) is 3.30. The van der Waals surface area contributed by atoms with Crippen molar-refractivity contribution in [1.82, 2.24) is 4.98 Å². The van der Waals surface area contributed by atoms with Crippen LogP contribution in [0.2, 0.25) is 5.02 Å². The lowest BCUT2D eigenvalue weighted by Gasteiger charge is -2.14. The van der Waals surface area contributed by atoms with Crippen molar-refractivity contribution < 1.29 is 13.2 Å². The molecule has 1 nitrogen and oxygen atoms in total. The predicted octanol–water partition coefficient (Wildman–Crippen LogP) is 4.73. The lowest BCUT2D eigenvalue weighted by atomic mass is 10.0. The number of aromatic nitrogens is 1. The molecule has 0 bridgehead atoms. The van der Waals surface area contributed by atoms with Crippen molar-refractivity contribution in [2.75, 3.05) is 0 Å². The molecule has 0 saturated heterocycles. The standard InChI is InChI=1S/C13H9ClF3N/c1-8-4-2-3-5-9(8)12-11(13(15,16)17)10(14)6-7-18-12/h2-7H,1H3. The number of hydrogen-bond acceptors (Lipinski definition) is 1. The molecule has 18 heavy (non-hydrogen) atoms. The summed E-state index contributed by atoms with van der Waals surface area (Å²) >= 11 is 5.66. The third-order valence-electron chi connectivity index (χ3n) is 2.58. The molecule has 0 amide bonds. The maximum atomic E-state index is 13.0. The van der Waals surface area contributed by atoms with Crippen molar-refractivity contribution >= 4 is 11.6 Å². The van der Waals surface area contributed by atoms with Gasteiger partial charge in [0, 0.05) is 11.8 Å². The van der Waals surface area contributed by atoms with Crippen molar-refractivity contribution in [3.63, 3.8) is 0 Å². The third kappa shape index (κ3) is 2.34. The molecule has 0 aliphatic rings. The number of halogens is 4. The van der Waals surface area contributed by atoms with E-state index in [1.807, 2.05) is 0 Å². The normalized spacial score (nSPS) is 11.6. The van der Waals surface area contributed by atoms with Crippen LogP contribution in [0.1, 0.15) is 11.1 Å². The van der Waals surface area contributed by atoms with Gasteiger partial charge in [0.25, 0.3) is 0 Å². The van der Waals surface area contributed by atoms with E-state index in [-0.39, 0.29) is 10.7 Å². The van der Waals surface area contributed by atoms with Crippen LogP contribution >= 0.6 is 11.6 Å². The molecule has 0 spiro atoms. The summed E-state index contributed by atoms with van der Waals surface area (Å²) < 4.78 is 39.0. The zero-order chi connectivity index (χ0) is 13.3. The lowest BCUT2D eigenvalue weighted by molar-refractivity contribution is -0.137. The second-order valence-electron chi connectivity index (χ2n) is 3.83. The number of benzene rings is 1. The molecule has 2 aromatic rings. The Morgan fingerprint density at radius 1 is 1.11 bits per heavy atom. The minimum atomic E-state index is -4.52. The SMILES string of the molecule is Cc1ccccc1-c1nccc(Cl)c1C(F)(F)F. The average molecular weight is 272 g/mol. The van der Waals surface area contributed by atoms with Crippen molar-refractivity contribution in [3.05, 3.63) is 52.7 Å². The first-order valence-corrected chi connectivity index (χ1v) is 5.57. The molecule has 0 aliphatic heterocycles. The molecule has 0 unspecified atom stereocenters. The largest absolute Gasteiger partial charge is 0.419 e. The highest BCUT2D eigenvalue weighted by molar-refractivity contribution is 6.31. The van der Waals surface area contributed by atoms with E-state index in [9.17, 15) is 13.2 Å². The topological polar surface area (TPSA) is 12.9 Å². The van der Waals surface area contributed by atoms with Gasteiger partial charge in [-0.3, -0.25) is 4.98 Å². The maximum absolute atomic E-state index is 13.0. The summed E-state index contributed by atoms with van der Waals surface area (Å²) in [5, 5.41) is -0.337. The van der Waals surface area contributed by atoms with E-state index in [0.29, 0.717) is 5.56 Å². The molecule has 0 atom stereocenters. The monoisotopic (exact) mass is 271 g/mol. The van der Waals surface area contributed by atoms with Crippen LogP contribution in [0, 0.1) is 6.92 Å². The molecule has 2 rings (SSSR count). The number of aryl methyl sites for hydroxylation is 1. The van der Waals surface area contributed by atoms with Gasteiger partial charge in [-0.2, -0.15) is 13.2 Å². The van der Waals surface area contributed by atoms with Gasteiger partial charge < -0.3 is 0 Å². The summed E-state index contributed by atoms with van der Waals surface area (Å²) in [5.41, 5.74) is 0.138. The number of nitrogens with zero attached hydrogens (tertiary/aromatic N) is 1. The first-order chi connectivity index (χ1) is 8.41. The average Bonchev–Trinajstić information content (AvgIpc) is 2.27. The number of alkyl halides is 3. The minimum Gasteiger partial charge on any atom is -0.256 e. The highest BCUT2D eigenvalue weighted by atomic mass is 35.5. The van der Waals surface area contributed by atoms with Gasteiger partial charge in [0.15, 0.2) is 0 Å². The second-order valence-corrected chi connectivity index (χ2v) is 4.24. The molecular weight excluding hydrogens is 263 g/mol. The fourth-order valence-electron chi connectivity index (χ4n) is 1.75. The van der Waals surface area contributed by atoms with Gasteiger partial charge in [0.2, 0.25) is 0 Å². The van der Waals surface area contributed by atoms with E-state index in [1.165, 1.54) is 6.20 Å². The highest BCUT2D eigenvalue weighted by Gasteiger charge is 2.37. The van der Waals surface area contributed by atoms with Crippen LogP contribution in [0.3, 0.4) is 0 Å². The number of rotatable bonds is 1. The van der Waals surface area contributed by atoms with Crippen molar-refractivity contribution in [3.8, 4) is 11.3 Å². The van der Waals surface area contributed by atoms with Crippen molar-refractivity contribution in [2.24, 2.45) is 0 Å². The summed E-state index contributed by atoms with van der Waals surface area (Å²) in [6.45, 7) is 1.73. The molecule has 0 N–H and O–H groups in total. The zero-order valence-corrected chi connectivity index (χ0v) is 10.2. The zero-order valence-electron chi connectivity index (χ0n) is 9.42. The van der Waals surface area contributed by atoms with Gasteiger partial charge in [0.1, 0.15) is 5.56 Å². The molecule has 1 aromatic carbocycles. The fraction of sp³-hybridized carbons (Fsp3) is 0.154. The maximum Gasteiger partial charge on any atom is 0.419 e. The van der Waals surface area contributed by atoms with Crippen LogP contribution in [0.15, 0.2) is 36.5 Å². The van der Waals surface area contributed by atoms with E-state index in [1.54, 1.807) is 31.2 Å². The molecule has 5 heteroatoms. The highest BCUT2D eigenvalue weighted by Crippen LogP contribution is 2.40. The summed E-state index contributed by atoms with van der Waals surface area (Å²) in [6.07, 6.45) is -3.25. The Morgan fingerprint density at radius 3 is 2.39 bits per heavy atom. The Hall–Kier alpha value is -1.55. The van der Waals surface area contributed by atoms with Gasteiger partial charge in [-0.05, 0) is 18.6 Å². The van der Waals surface area contributed by atoms with Gasteiger partial charge in [-0.25, -0.2) is 0 Å². The van der Waals surface area contributed by atoms with E-state index in [0.717, 1.165) is 11.6 Å². The summed E-state index contributed by atoms with van der Waals surface area (Å²) in [6, 6.07) is 7.91. The van der Waals surface area contributed by atoms with Crippen molar-refractivity contribution in [2.45, 2.75) is 13.1 Å². The predicted molar refractivity (Wildman–Crippen MR) is 64.4 cm³/mol. The molecule has 1 aromatic heterocycles. The Balaban J connectivity index is 2.73. The Labute approximate surface area is 107 Å². The van der Waals surface area contributed by atoms with E-state index in [4.69, 9.17) is 11.6 Å². The molecule has 1 heterocycles. The Bertz CT molecular complexity index is 579. The minimum absolute atomic E-state index is 0.131. The molecular formula is C13H9ClF3N. The van der Waals surface area contributed by atoms with Gasteiger partial charge >= 0.3 is 6.18 Å². The van der Waals surface area contributed by atoms with E-state index in [2.05, 4.69) is 4.98 Å². The van der Waals surface area contributed by atoms with Crippen LogP contribution in [0.5, 0.6) is 0 Å². The van der Waals surface area contributed by atoms with Crippen molar-refractivity contribution in [1.29, 1.82) is 0 Å². The number of pyridine rings is 1. The molecule has 0 saturated carbocycles. The number of hydrogen-bond donors (Lipinski definition) is 0. The Morgan fingerprint density at radius 2 is 1.78 bits per heavy atom. The third-order valence-corrected chi connectivity index (χ3v) is 2.90. The van der Waals surface area contributed by atoms with Crippen LogP contribution in [0.25, 0.3) is 11.3 Å². The van der Waals surface area contributed by atoms with E-state index < -0.39 is 11.7 Å². The van der Waals surface area contributed by atoms with Crippen LogP contribution in [-0.4, -0.2) is 4.98 Å². The molecule has 0 fully saturated rings. The summed E-state index contributed by atoms with van der Waals surface area (Å²) in [7, 11) is 0. The molecule has 0 aliphatic carbocycles. The summed E-state index contributed by atoms with van der Waals surface area (Å²) in [5.74, 6) is 0. The van der Waals surface area contributed by atoms with Crippen LogP contribution < -0.4 is 0 Å². The molecule has 0 radical (unpaired) electrons. The lowest BCUT2D eigenvalue weighted by Crippen LogP contribution is -2.09. The first-order valence-electron chi connectivity index (χ1n) is 5.19. The molecule has 94 valence electrons. The van der Waals surface area contributed by atoms with Gasteiger partial charge in [-0.15, -0.1) is 0 Å². The van der Waals surface area contributed by atoms with Crippen LogP contribution in [-0.2, 0) is 6.18 Å². The van der Waals surface area contributed by atoms with Gasteiger partial charge in [0.05, 0.1) is 10.7 Å².